The molecule has 5 rings (SSSR count). The van der Waals surface area contributed by atoms with Crippen LogP contribution in [0.1, 0.15) is 15.9 Å². The summed E-state index contributed by atoms with van der Waals surface area (Å²) in [5.74, 6) is 0.397. The van der Waals surface area contributed by atoms with Gasteiger partial charge in [0.25, 0.3) is 0 Å². The lowest BCUT2D eigenvalue weighted by atomic mass is 10.2. The summed E-state index contributed by atoms with van der Waals surface area (Å²) < 4.78 is 8.85. The Kier molecular flexibility index (Phi) is 5.13. The van der Waals surface area contributed by atoms with Gasteiger partial charge >= 0.3 is 5.97 Å². The molecule has 0 amide bonds. The molecule has 0 saturated heterocycles. The minimum Gasteiger partial charge on any atom is -0.465 e. The second kappa shape index (κ2) is 8.39. The van der Waals surface area contributed by atoms with Crippen LogP contribution in [0.2, 0.25) is 0 Å². The van der Waals surface area contributed by atoms with Crippen LogP contribution in [-0.4, -0.2) is 32.0 Å². The molecule has 5 aromatic rings. The number of nitrogens with zero attached hydrogens (tertiary/aromatic N) is 4. The number of rotatable bonds is 6. The summed E-state index contributed by atoms with van der Waals surface area (Å²) in [5.41, 5.74) is 4.94. The smallest absolute Gasteiger partial charge is 0.339 e. The Hall–Kier alpha value is -4.39. The molecule has 0 bridgehead atoms. The summed E-state index contributed by atoms with van der Waals surface area (Å²) in [6, 6.07) is 21.6. The lowest BCUT2D eigenvalue weighted by molar-refractivity contribution is 0.0600. The molecule has 0 radical (unpaired) electrons. The van der Waals surface area contributed by atoms with E-state index in [-0.39, 0.29) is 0 Å². The molecule has 0 aliphatic rings. The van der Waals surface area contributed by atoms with Gasteiger partial charge in [-0.2, -0.15) is 0 Å². The predicted molar refractivity (Wildman–Crippen MR) is 123 cm³/mol. The number of anilines is 1. The summed E-state index contributed by atoms with van der Waals surface area (Å²) in [6.45, 7) is 0.609. The molecule has 4 aromatic heterocycles. The number of pyridine rings is 2. The maximum absolute atomic E-state index is 12.1. The zero-order chi connectivity index (χ0) is 21.9. The fraction of sp³-hybridized carbons (Fsp3) is 0.0800. The monoisotopic (exact) mass is 423 g/mol. The lowest BCUT2D eigenvalue weighted by Gasteiger charge is -2.12. The molecule has 0 unspecified atom stereocenters. The van der Waals surface area contributed by atoms with E-state index >= 15 is 0 Å². The summed E-state index contributed by atoms with van der Waals surface area (Å²) >= 11 is 0. The number of aromatic nitrogens is 4. The van der Waals surface area contributed by atoms with Crippen molar-refractivity contribution in [1.82, 2.24) is 18.9 Å². The van der Waals surface area contributed by atoms with E-state index in [0.717, 1.165) is 34.1 Å². The van der Waals surface area contributed by atoms with Gasteiger partial charge in [0.1, 0.15) is 17.2 Å². The second-order valence-electron chi connectivity index (χ2n) is 7.26. The first-order chi connectivity index (χ1) is 15.7. The van der Waals surface area contributed by atoms with Gasteiger partial charge in [-0.1, -0.05) is 30.3 Å². The molecule has 7 nitrogen and oxygen atoms in total. The first kappa shape index (κ1) is 19.6. The molecule has 158 valence electrons. The van der Waals surface area contributed by atoms with E-state index in [1.165, 1.54) is 7.11 Å². The molecular formula is C25H21N5O2. The molecule has 0 atom stereocenters. The third kappa shape index (κ3) is 3.60. The van der Waals surface area contributed by atoms with Crippen molar-refractivity contribution in [2.45, 2.75) is 6.54 Å². The van der Waals surface area contributed by atoms with E-state index in [1.54, 1.807) is 18.5 Å². The summed E-state index contributed by atoms with van der Waals surface area (Å²) in [5, 5.41) is 3.52. The van der Waals surface area contributed by atoms with Crippen LogP contribution in [0.15, 0.2) is 91.5 Å². The standard InChI is InChI=1S/C25H21N5O2/c1-32-25(31)19-11-12-22-28-23(21-10-6-14-29(21)20-9-5-13-26-16-20)24(30(22)17-19)27-15-18-7-3-2-4-8-18/h2-14,16-17,27H,15H2,1H3. The number of methoxy groups -OCH3 is 1. The number of fused-ring (bicyclic) bond motifs is 1. The van der Waals surface area contributed by atoms with Crippen molar-refractivity contribution < 1.29 is 9.53 Å². The van der Waals surface area contributed by atoms with Gasteiger partial charge in [-0.15, -0.1) is 0 Å². The maximum atomic E-state index is 12.1. The first-order valence-electron chi connectivity index (χ1n) is 10.2. The van der Waals surface area contributed by atoms with E-state index in [1.807, 2.05) is 69.9 Å². The van der Waals surface area contributed by atoms with E-state index in [4.69, 9.17) is 9.72 Å². The minimum absolute atomic E-state index is 0.394. The molecule has 1 aromatic carbocycles. The van der Waals surface area contributed by atoms with Gasteiger partial charge in [-0.3, -0.25) is 9.38 Å². The van der Waals surface area contributed by atoms with E-state index < -0.39 is 5.97 Å². The zero-order valence-electron chi connectivity index (χ0n) is 17.5. The number of benzene rings is 1. The van der Waals surface area contributed by atoms with E-state index in [2.05, 4.69) is 22.4 Å². The first-order valence-corrected chi connectivity index (χ1v) is 10.2. The Morgan fingerprint density at radius 2 is 1.91 bits per heavy atom. The molecule has 0 spiro atoms. The van der Waals surface area contributed by atoms with Crippen molar-refractivity contribution in [3.63, 3.8) is 0 Å². The SMILES string of the molecule is COC(=O)c1ccc2nc(-c3cccn3-c3cccnc3)c(NCc3ccccc3)n2c1. The number of carbonyl (C=O) groups excluding carboxylic acids is 1. The van der Waals surface area contributed by atoms with Crippen LogP contribution in [0.25, 0.3) is 22.7 Å². The highest BCUT2D eigenvalue weighted by atomic mass is 16.5. The molecule has 32 heavy (non-hydrogen) atoms. The summed E-state index contributed by atoms with van der Waals surface area (Å²) in [6.07, 6.45) is 7.30. The highest BCUT2D eigenvalue weighted by Crippen LogP contribution is 2.31. The van der Waals surface area contributed by atoms with Gasteiger partial charge in [0.05, 0.1) is 30.3 Å². The van der Waals surface area contributed by atoms with Gasteiger partial charge in [0, 0.05) is 25.1 Å². The van der Waals surface area contributed by atoms with Gasteiger partial charge in [0.2, 0.25) is 0 Å². The van der Waals surface area contributed by atoms with Crippen molar-refractivity contribution in [2.75, 3.05) is 12.4 Å². The summed E-state index contributed by atoms with van der Waals surface area (Å²) in [7, 11) is 1.38. The van der Waals surface area contributed by atoms with Crippen LogP contribution in [-0.2, 0) is 11.3 Å². The third-order valence-corrected chi connectivity index (χ3v) is 5.26. The van der Waals surface area contributed by atoms with Crippen molar-refractivity contribution in [1.29, 1.82) is 0 Å². The zero-order valence-corrected chi connectivity index (χ0v) is 17.5. The van der Waals surface area contributed by atoms with Crippen molar-refractivity contribution in [3.8, 4) is 17.1 Å². The van der Waals surface area contributed by atoms with E-state index in [9.17, 15) is 4.79 Å². The fourth-order valence-corrected chi connectivity index (χ4v) is 3.71. The van der Waals surface area contributed by atoms with Crippen LogP contribution in [0.5, 0.6) is 0 Å². The number of hydrogen-bond acceptors (Lipinski definition) is 5. The highest BCUT2D eigenvalue weighted by molar-refractivity contribution is 5.90. The van der Waals surface area contributed by atoms with Crippen molar-refractivity contribution in [3.05, 3.63) is 103 Å². The van der Waals surface area contributed by atoms with Gasteiger partial charge in [0.15, 0.2) is 0 Å². The Balaban J connectivity index is 1.65. The van der Waals surface area contributed by atoms with Crippen LogP contribution in [0.3, 0.4) is 0 Å². The quantitative estimate of drug-likeness (QED) is 0.405. The highest BCUT2D eigenvalue weighted by Gasteiger charge is 2.19. The average molecular weight is 423 g/mol. The molecule has 0 fully saturated rings. The van der Waals surface area contributed by atoms with Crippen molar-refractivity contribution >= 4 is 17.4 Å². The normalized spacial score (nSPS) is 10.9. The van der Waals surface area contributed by atoms with Crippen LogP contribution in [0.4, 0.5) is 5.82 Å². The molecule has 7 heteroatoms. The van der Waals surface area contributed by atoms with Gasteiger partial charge in [-0.05, 0) is 42.0 Å². The van der Waals surface area contributed by atoms with Gasteiger partial charge in [-0.25, -0.2) is 9.78 Å². The number of imidazole rings is 1. The molecule has 0 aliphatic heterocycles. The molecular weight excluding hydrogens is 402 g/mol. The fourth-order valence-electron chi connectivity index (χ4n) is 3.71. The van der Waals surface area contributed by atoms with Crippen LogP contribution in [0, 0.1) is 0 Å². The lowest BCUT2D eigenvalue weighted by Crippen LogP contribution is -2.06. The number of esters is 1. The van der Waals surface area contributed by atoms with Crippen molar-refractivity contribution in [2.24, 2.45) is 0 Å². The number of hydrogen-bond donors (Lipinski definition) is 1. The average Bonchev–Trinajstić information content (AvgIpc) is 3.47. The molecule has 0 aliphatic carbocycles. The number of ether oxygens (including phenoxy) is 1. The van der Waals surface area contributed by atoms with Gasteiger partial charge < -0.3 is 14.6 Å². The van der Waals surface area contributed by atoms with Crippen LogP contribution < -0.4 is 5.32 Å². The third-order valence-electron chi connectivity index (χ3n) is 5.26. The molecule has 0 saturated carbocycles. The predicted octanol–water partition coefficient (Wildman–Crippen LogP) is 4.59. The minimum atomic E-state index is -0.394. The molecule has 1 N–H and O–H groups in total. The van der Waals surface area contributed by atoms with E-state index in [0.29, 0.717) is 12.1 Å². The number of carbonyl (C=O) groups is 1. The number of nitrogens with one attached hydrogen (secondary N) is 1. The Bertz CT molecular complexity index is 1370. The Morgan fingerprint density at radius 1 is 1.03 bits per heavy atom. The molecule has 4 heterocycles. The van der Waals surface area contributed by atoms with Crippen LogP contribution >= 0.6 is 0 Å². The Labute approximate surface area is 184 Å². The largest absolute Gasteiger partial charge is 0.465 e. The Morgan fingerprint density at radius 3 is 2.69 bits per heavy atom. The maximum Gasteiger partial charge on any atom is 0.339 e. The second-order valence-corrected chi connectivity index (χ2v) is 7.26. The summed E-state index contributed by atoms with van der Waals surface area (Å²) in [4.78, 5) is 21.3. The topological polar surface area (TPSA) is 73.4 Å².